The highest BCUT2D eigenvalue weighted by Crippen LogP contribution is 2.76. The van der Waals surface area contributed by atoms with Crippen molar-refractivity contribution >= 4 is 5.78 Å². The number of phenolic OH excluding ortho intramolecular Hbond substituents is 1. The molecule has 1 aromatic carbocycles. The van der Waals surface area contributed by atoms with E-state index in [0.29, 0.717) is 11.8 Å². The van der Waals surface area contributed by atoms with Crippen molar-refractivity contribution in [1.29, 1.82) is 0 Å². The van der Waals surface area contributed by atoms with E-state index in [0.717, 1.165) is 31.7 Å². The molecular weight excluding hydrogens is 362 g/mol. The third-order valence-electron chi connectivity index (χ3n) is 9.70. The quantitative estimate of drug-likeness (QED) is 0.800. The summed E-state index contributed by atoms with van der Waals surface area (Å²) >= 11 is 0. The van der Waals surface area contributed by atoms with Gasteiger partial charge < -0.3 is 9.84 Å². The zero-order valence-corrected chi connectivity index (χ0v) is 17.3. The molecule has 0 amide bonds. The molecule has 0 aromatic heterocycles. The molecule has 4 nitrogen and oxygen atoms in total. The molecule has 0 radical (unpaired) electrons. The number of piperidine rings is 1. The van der Waals surface area contributed by atoms with Crippen molar-refractivity contribution in [3.05, 3.63) is 35.4 Å². The van der Waals surface area contributed by atoms with E-state index in [4.69, 9.17) is 4.74 Å². The molecule has 3 fully saturated rings. The monoisotopic (exact) mass is 391 g/mol. The van der Waals surface area contributed by atoms with E-state index in [1.54, 1.807) is 6.92 Å². The Morgan fingerprint density at radius 3 is 2.90 bits per heavy atom. The van der Waals surface area contributed by atoms with E-state index >= 15 is 0 Å². The van der Waals surface area contributed by atoms with Crippen LogP contribution < -0.4 is 4.74 Å². The average Bonchev–Trinajstić information content (AvgIpc) is 3.43. The molecular formula is C25H29NO3. The third kappa shape index (κ3) is 1.69. The Labute approximate surface area is 171 Å². The highest BCUT2D eigenvalue weighted by molar-refractivity contribution is 5.81. The molecule has 3 unspecified atom stereocenters. The smallest absolute Gasteiger partial charge is 0.165 e. The van der Waals surface area contributed by atoms with E-state index in [2.05, 4.69) is 30.0 Å². The van der Waals surface area contributed by atoms with E-state index in [1.165, 1.54) is 30.5 Å². The lowest BCUT2D eigenvalue weighted by molar-refractivity contribution is -0.175. The predicted molar refractivity (Wildman–Crippen MR) is 109 cm³/mol. The van der Waals surface area contributed by atoms with Crippen LogP contribution >= 0.6 is 0 Å². The summed E-state index contributed by atoms with van der Waals surface area (Å²) < 4.78 is 6.68. The molecule has 1 saturated heterocycles. The van der Waals surface area contributed by atoms with Crippen LogP contribution in [0.2, 0.25) is 0 Å². The summed E-state index contributed by atoms with van der Waals surface area (Å²) in [5.74, 6) is 2.12. The standard InChI is InChI=1S/C25H29NO3/c1-14(27)17-12-24-8-7-23(17,2)22-25(24)9-10-26(13-15-3-4-15)19(24)11-16-5-6-18(28)21(29-22)20(16)25/h5-8,15,17,19,22,28H,3-4,9-13H2,1-2H3/t17-,19?,22+,23?,24?,25+/m1/s1. The second-order valence-electron chi connectivity index (χ2n) is 10.9. The number of Topliss-reactive ketones (excluding diaryl/α,β-unsaturated/α-hetero) is 1. The Bertz CT molecular complexity index is 996. The van der Waals surface area contributed by atoms with Gasteiger partial charge in [-0.05, 0) is 63.1 Å². The summed E-state index contributed by atoms with van der Waals surface area (Å²) in [6.07, 6.45) is 10.5. The summed E-state index contributed by atoms with van der Waals surface area (Å²) in [5, 5.41) is 10.7. The van der Waals surface area contributed by atoms with Crippen LogP contribution in [0.1, 0.15) is 50.7 Å². The number of nitrogens with zero attached hydrogens (tertiary/aromatic N) is 1. The minimum atomic E-state index is -0.309. The van der Waals surface area contributed by atoms with E-state index < -0.39 is 0 Å². The molecule has 152 valence electrons. The molecule has 2 saturated carbocycles. The van der Waals surface area contributed by atoms with Gasteiger partial charge in [-0.3, -0.25) is 9.69 Å². The number of carbonyl (C=O) groups is 1. The van der Waals surface area contributed by atoms with Crippen LogP contribution in [0.3, 0.4) is 0 Å². The van der Waals surface area contributed by atoms with Gasteiger partial charge >= 0.3 is 0 Å². The lowest BCUT2D eigenvalue weighted by Gasteiger charge is -2.71. The molecule has 2 heterocycles. The van der Waals surface area contributed by atoms with Crippen LogP contribution in [-0.2, 0) is 16.6 Å². The molecule has 29 heavy (non-hydrogen) atoms. The molecule has 4 bridgehead atoms. The van der Waals surface area contributed by atoms with Crippen LogP contribution in [0.5, 0.6) is 11.5 Å². The number of hydrogen-bond donors (Lipinski definition) is 1. The maximum Gasteiger partial charge on any atom is 0.165 e. The minimum absolute atomic E-state index is 0.00740. The van der Waals surface area contributed by atoms with Gasteiger partial charge in [0.2, 0.25) is 0 Å². The summed E-state index contributed by atoms with van der Waals surface area (Å²) in [6.45, 7) is 6.29. The maximum atomic E-state index is 12.8. The normalized spacial score (nSPS) is 45.8. The summed E-state index contributed by atoms with van der Waals surface area (Å²) in [5.41, 5.74) is 2.17. The lowest BCUT2D eigenvalue weighted by atomic mass is 9.35. The lowest BCUT2D eigenvalue weighted by Crippen LogP contribution is -2.77. The van der Waals surface area contributed by atoms with Crippen LogP contribution in [-0.4, -0.2) is 41.0 Å². The first kappa shape index (κ1) is 16.9. The zero-order valence-electron chi connectivity index (χ0n) is 17.3. The number of hydrogen-bond acceptors (Lipinski definition) is 4. The fraction of sp³-hybridized carbons (Fsp3) is 0.640. The van der Waals surface area contributed by atoms with Crippen molar-refractivity contribution in [2.75, 3.05) is 13.1 Å². The maximum absolute atomic E-state index is 12.8. The molecule has 6 atom stereocenters. The summed E-state index contributed by atoms with van der Waals surface area (Å²) in [7, 11) is 0. The molecule has 4 heteroatoms. The van der Waals surface area contributed by atoms with Crippen LogP contribution in [0.25, 0.3) is 0 Å². The summed E-state index contributed by atoms with van der Waals surface area (Å²) in [6, 6.07) is 4.38. The number of ether oxygens (including phenoxy) is 1. The van der Waals surface area contributed by atoms with Crippen molar-refractivity contribution in [3.63, 3.8) is 0 Å². The van der Waals surface area contributed by atoms with E-state index in [9.17, 15) is 9.90 Å². The first-order chi connectivity index (χ1) is 13.9. The van der Waals surface area contributed by atoms with Crippen molar-refractivity contribution in [3.8, 4) is 11.5 Å². The Balaban J connectivity index is 1.51. The molecule has 7 aliphatic rings. The third-order valence-corrected chi connectivity index (χ3v) is 9.70. The number of ketones is 1. The van der Waals surface area contributed by atoms with Crippen molar-refractivity contribution in [2.24, 2.45) is 22.7 Å². The Kier molecular flexibility index (Phi) is 2.87. The average molecular weight is 392 g/mol. The van der Waals surface area contributed by atoms with Crippen molar-refractivity contribution in [2.45, 2.75) is 63.5 Å². The van der Waals surface area contributed by atoms with Crippen LogP contribution in [0, 0.1) is 22.7 Å². The second kappa shape index (κ2) is 4.91. The van der Waals surface area contributed by atoms with Gasteiger partial charge in [0.15, 0.2) is 11.5 Å². The van der Waals surface area contributed by atoms with Crippen LogP contribution in [0.4, 0.5) is 0 Å². The van der Waals surface area contributed by atoms with Gasteiger partial charge in [-0.25, -0.2) is 0 Å². The van der Waals surface area contributed by atoms with Gasteiger partial charge in [0.1, 0.15) is 11.9 Å². The molecule has 1 N–H and O–H groups in total. The number of aromatic hydroxyl groups is 1. The first-order valence-electron chi connectivity index (χ1n) is 11.4. The van der Waals surface area contributed by atoms with Crippen molar-refractivity contribution in [1.82, 2.24) is 4.90 Å². The van der Waals surface area contributed by atoms with Gasteiger partial charge in [0, 0.05) is 40.3 Å². The molecule has 2 aliphatic heterocycles. The largest absolute Gasteiger partial charge is 0.504 e. The van der Waals surface area contributed by atoms with Gasteiger partial charge in [0.25, 0.3) is 0 Å². The van der Waals surface area contributed by atoms with Gasteiger partial charge in [-0.1, -0.05) is 25.1 Å². The van der Waals surface area contributed by atoms with Gasteiger partial charge in [-0.15, -0.1) is 0 Å². The van der Waals surface area contributed by atoms with E-state index in [-0.39, 0.29) is 39.8 Å². The molecule has 5 aliphatic carbocycles. The fourth-order valence-electron chi connectivity index (χ4n) is 8.33. The topological polar surface area (TPSA) is 49.8 Å². The van der Waals surface area contributed by atoms with Gasteiger partial charge in [-0.2, -0.15) is 0 Å². The minimum Gasteiger partial charge on any atom is -0.504 e. The second-order valence-corrected chi connectivity index (χ2v) is 10.9. The Morgan fingerprint density at radius 2 is 2.14 bits per heavy atom. The van der Waals surface area contributed by atoms with Crippen molar-refractivity contribution < 1.29 is 14.6 Å². The zero-order chi connectivity index (χ0) is 19.8. The molecule has 1 aromatic rings. The van der Waals surface area contributed by atoms with Gasteiger partial charge in [0.05, 0.1) is 0 Å². The number of rotatable bonds is 3. The predicted octanol–water partition coefficient (Wildman–Crippen LogP) is 3.60. The molecule has 2 spiro atoms. The Morgan fingerprint density at radius 1 is 1.31 bits per heavy atom. The summed E-state index contributed by atoms with van der Waals surface area (Å²) in [4.78, 5) is 15.6. The Hall–Kier alpha value is -1.81. The van der Waals surface area contributed by atoms with Crippen LogP contribution in [0.15, 0.2) is 24.3 Å². The number of fused-ring (bicyclic) bond motifs is 1. The fourth-order valence-corrected chi connectivity index (χ4v) is 8.33. The number of phenols is 1. The highest BCUT2D eigenvalue weighted by atomic mass is 16.5. The number of carbonyl (C=O) groups excluding carboxylic acids is 1. The first-order valence-corrected chi connectivity index (χ1v) is 11.4. The number of likely N-dealkylation sites (tertiary alicyclic amines) is 1. The molecule has 8 rings (SSSR count). The SMILES string of the molecule is CC(=O)[C@H]1CC23C=CC1(C)[C@@H]1Oc4c(O)ccc5c4[C@@]12CCN(CC1CC1)C3C5. The highest BCUT2D eigenvalue weighted by Gasteiger charge is 2.78. The van der Waals surface area contributed by atoms with E-state index in [1.807, 2.05) is 6.07 Å². The number of benzene rings is 1.